The smallest absolute Gasteiger partial charge is 0.228 e. The number of hydrogen-bond donors (Lipinski definition) is 2. The van der Waals surface area contributed by atoms with Crippen LogP contribution in [-0.2, 0) is 11.2 Å². The van der Waals surface area contributed by atoms with Gasteiger partial charge in [-0.05, 0) is 22.6 Å². The van der Waals surface area contributed by atoms with E-state index >= 15 is 0 Å². The molecule has 1 amide bonds. The lowest BCUT2D eigenvalue weighted by Crippen LogP contribution is -2.52. The summed E-state index contributed by atoms with van der Waals surface area (Å²) in [6.45, 7) is 5.60. The Morgan fingerprint density at radius 1 is 1.38 bits per heavy atom. The molecule has 3 heteroatoms. The van der Waals surface area contributed by atoms with Gasteiger partial charge in [-0.25, -0.2) is 0 Å². The number of fused-ring (bicyclic) bond motifs is 1. The van der Waals surface area contributed by atoms with E-state index in [1.165, 1.54) is 5.56 Å². The van der Waals surface area contributed by atoms with Crippen molar-refractivity contribution in [2.45, 2.75) is 26.3 Å². The van der Waals surface area contributed by atoms with E-state index in [9.17, 15) is 4.79 Å². The van der Waals surface area contributed by atoms with E-state index in [0.29, 0.717) is 17.9 Å². The Kier molecular flexibility index (Phi) is 1.89. The van der Waals surface area contributed by atoms with Gasteiger partial charge in [0.2, 0.25) is 5.91 Å². The summed E-state index contributed by atoms with van der Waals surface area (Å²) in [5.41, 5.74) is 3.73. The lowest BCUT2D eigenvalue weighted by Gasteiger charge is -2.46. The Balaban J connectivity index is 1.94. The Bertz CT molecular complexity index is 465. The number of rotatable bonds is 1. The second-order valence-corrected chi connectivity index (χ2v) is 5.44. The second kappa shape index (κ2) is 3.08. The highest BCUT2D eigenvalue weighted by Crippen LogP contribution is 2.41. The topological polar surface area (TPSA) is 41.1 Å². The molecule has 1 saturated heterocycles. The predicted molar refractivity (Wildman–Crippen MR) is 63.3 cm³/mol. The van der Waals surface area contributed by atoms with Crippen LogP contribution in [0.3, 0.4) is 0 Å². The molecule has 84 valence electrons. The molecule has 0 saturated carbocycles. The molecule has 1 unspecified atom stereocenters. The number of nitrogens with one attached hydrogen (secondary N) is 2. The molecular weight excluding hydrogens is 200 g/mol. The minimum absolute atomic E-state index is 0.105. The van der Waals surface area contributed by atoms with Crippen LogP contribution in [0.5, 0.6) is 0 Å². The van der Waals surface area contributed by atoms with E-state index in [4.69, 9.17) is 0 Å². The van der Waals surface area contributed by atoms with Gasteiger partial charge in [-0.2, -0.15) is 0 Å². The van der Waals surface area contributed by atoms with Gasteiger partial charge in [0, 0.05) is 18.3 Å². The van der Waals surface area contributed by atoms with Crippen LogP contribution >= 0.6 is 0 Å². The van der Waals surface area contributed by atoms with E-state index < -0.39 is 0 Å². The summed E-state index contributed by atoms with van der Waals surface area (Å²) < 4.78 is 0. The van der Waals surface area contributed by atoms with Gasteiger partial charge in [-0.15, -0.1) is 0 Å². The predicted octanol–water partition coefficient (Wildman–Crippen LogP) is 1.85. The molecule has 0 aromatic heterocycles. The standard InChI is InChI=1S/C13H16N2O/c1-13(2)7-14-12(13)8-3-4-10-9(5-8)6-11(16)15-10/h3-5,12,14H,6-7H2,1-2H3,(H,15,16). The van der Waals surface area contributed by atoms with Crippen LogP contribution in [0.1, 0.15) is 31.0 Å². The van der Waals surface area contributed by atoms with E-state index in [-0.39, 0.29) is 5.91 Å². The summed E-state index contributed by atoms with van der Waals surface area (Å²) in [5, 5.41) is 6.31. The quantitative estimate of drug-likeness (QED) is 0.752. The van der Waals surface area contributed by atoms with Crippen molar-refractivity contribution < 1.29 is 4.79 Å². The maximum Gasteiger partial charge on any atom is 0.228 e. The number of amides is 1. The average molecular weight is 216 g/mol. The average Bonchev–Trinajstić information content (AvgIpc) is 2.56. The molecule has 16 heavy (non-hydrogen) atoms. The fourth-order valence-corrected chi connectivity index (χ4v) is 2.61. The van der Waals surface area contributed by atoms with Crippen LogP contribution in [0.15, 0.2) is 18.2 Å². The second-order valence-electron chi connectivity index (χ2n) is 5.44. The molecule has 0 aliphatic carbocycles. The summed E-state index contributed by atoms with van der Waals surface area (Å²) in [6, 6.07) is 6.72. The van der Waals surface area contributed by atoms with Gasteiger partial charge in [0.1, 0.15) is 0 Å². The van der Waals surface area contributed by atoms with E-state index in [0.717, 1.165) is 17.8 Å². The first kappa shape index (κ1) is 9.85. The van der Waals surface area contributed by atoms with E-state index in [2.05, 4.69) is 36.6 Å². The molecule has 2 N–H and O–H groups in total. The molecule has 0 radical (unpaired) electrons. The van der Waals surface area contributed by atoms with Crippen molar-refractivity contribution in [2.75, 3.05) is 11.9 Å². The molecule has 0 spiro atoms. The maximum absolute atomic E-state index is 11.3. The first-order valence-corrected chi connectivity index (χ1v) is 5.72. The zero-order valence-corrected chi connectivity index (χ0v) is 9.63. The van der Waals surface area contributed by atoms with Gasteiger partial charge in [-0.3, -0.25) is 4.79 Å². The highest BCUT2D eigenvalue weighted by atomic mass is 16.1. The third-order valence-corrected chi connectivity index (χ3v) is 3.63. The molecule has 2 aliphatic rings. The fourth-order valence-electron chi connectivity index (χ4n) is 2.61. The molecule has 0 bridgehead atoms. The zero-order valence-electron chi connectivity index (χ0n) is 9.63. The maximum atomic E-state index is 11.3. The van der Waals surface area contributed by atoms with Gasteiger partial charge in [0.15, 0.2) is 0 Å². The monoisotopic (exact) mass is 216 g/mol. The van der Waals surface area contributed by atoms with Gasteiger partial charge < -0.3 is 10.6 Å². The van der Waals surface area contributed by atoms with Gasteiger partial charge >= 0.3 is 0 Å². The minimum atomic E-state index is 0.105. The largest absolute Gasteiger partial charge is 0.326 e. The van der Waals surface area contributed by atoms with Crippen molar-refractivity contribution in [3.8, 4) is 0 Å². The summed E-state index contributed by atoms with van der Waals surface area (Å²) in [5.74, 6) is 0.105. The van der Waals surface area contributed by atoms with E-state index in [1.807, 2.05) is 6.07 Å². The SMILES string of the molecule is CC1(C)CNC1c1ccc2c(c1)CC(=O)N2. The van der Waals surface area contributed by atoms with Crippen LogP contribution < -0.4 is 10.6 Å². The van der Waals surface area contributed by atoms with Crippen molar-refractivity contribution >= 4 is 11.6 Å². The molecular formula is C13H16N2O. The number of benzene rings is 1. The number of anilines is 1. The highest BCUT2D eigenvalue weighted by molar-refractivity contribution is 5.99. The number of carbonyl (C=O) groups excluding carboxylic acids is 1. The Morgan fingerprint density at radius 2 is 2.19 bits per heavy atom. The van der Waals surface area contributed by atoms with Crippen LogP contribution in [0.4, 0.5) is 5.69 Å². The van der Waals surface area contributed by atoms with E-state index in [1.54, 1.807) is 0 Å². The molecule has 3 nitrogen and oxygen atoms in total. The van der Waals surface area contributed by atoms with Crippen LogP contribution in [0.2, 0.25) is 0 Å². The summed E-state index contributed by atoms with van der Waals surface area (Å²) in [4.78, 5) is 11.3. The van der Waals surface area contributed by atoms with Crippen LogP contribution in [0, 0.1) is 5.41 Å². The first-order chi connectivity index (χ1) is 7.56. The molecule has 2 aliphatic heterocycles. The van der Waals surface area contributed by atoms with Gasteiger partial charge in [-0.1, -0.05) is 26.0 Å². The van der Waals surface area contributed by atoms with Crippen molar-refractivity contribution in [1.82, 2.24) is 5.32 Å². The van der Waals surface area contributed by atoms with Crippen LogP contribution in [0.25, 0.3) is 0 Å². The summed E-state index contributed by atoms with van der Waals surface area (Å²) in [7, 11) is 0. The molecule has 1 aromatic carbocycles. The van der Waals surface area contributed by atoms with Gasteiger partial charge in [0.05, 0.1) is 6.42 Å². The molecule has 1 fully saturated rings. The molecule has 2 heterocycles. The third-order valence-electron chi connectivity index (χ3n) is 3.63. The van der Waals surface area contributed by atoms with Crippen LogP contribution in [-0.4, -0.2) is 12.5 Å². The first-order valence-electron chi connectivity index (χ1n) is 5.72. The normalized spacial score (nSPS) is 25.9. The van der Waals surface area contributed by atoms with Crippen molar-refractivity contribution in [3.63, 3.8) is 0 Å². The Hall–Kier alpha value is -1.35. The van der Waals surface area contributed by atoms with Crippen molar-refractivity contribution in [1.29, 1.82) is 0 Å². The summed E-state index contributed by atoms with van der Waals surface area (Å²) >= 11 is 0. The summed E-state index contributed by atoms with van der Waals surface area (Å²) in [6.07, 6.45) is 0.524. The highest BCUT2D eigenvalue weighted by Gasteiger charge is 2.39. The van der Waals surface area contributed by atoms with Crippen molar-refractivity contribution in [2.24, 2.45) is 5.41 Å². The Morgan fingerprint density at radius 3 is 2.81 bits per heavy atom. The number of hydrogen-bond acceptors (Lipinski definition) is 2. The molecule has 1 aromatic rings. The number of carbonyl (C=O) groups is 1. The van der Waals surface area contributed by atoms with Crippen molar-refractivity contribution in [3.05, 3.63) is 29.3 Å². The Labute approximate surface area is 95.2 Å². The van der Waals surface area contributed by atoms with Gasteiger partial charge in [0.25, 0.3) is 0 Å². The molecule has 1 atom stereocenters. The fraction of sp³-hybridized carbons (Fsp3) is 0.462. The molecule has 3 rings (SSSR count). The lowest BCUT2D eigenvalue weighted by molar-refractivity contribution is -0.115. The third kappa shape index (κ3) is 1.35. The lowest BCUT2D eigenvalue weighted by atomic mass is 9.73. The minimum Gasteiger partial charge on any atom is -0.326 e. The zero-order chi connectivity index (χ0) is 11.3.